The fraction of sp³-hybridized carbons (Fsp3) is 1.00. The summed E-state index contributed by atoms with van der Waals surface area (Å²) in [5.41, 5.74) is 5.30. The number of ether oxygens (including phenoxy) is 1. The molecule has 0 heterocycles. The van der Waals surface area contributed by atoms with Crippen LogP contribution in [-0.4, -0.2) is 26.0 Å². The molecule has 4 heteroatoms. The average Bonchev–Trinajstić information content (AvgIpc) is 2.03. The predicted molar refractivity (Wildman–Crippen MR) is 61.7 cm³/mol. The Bertz CT molecular complexity index is 170. The normalized spacial score (nSPS) is 17.1. The monoisotopic (exact) mass is 201 g/mol. The molecule has 0 spiro atoms. The summed E-state index contributed by atoms with van der Waals surface area (Å²) in [7, 11) is 1.71. The van der Waals surface area contributed by atoms with Crippen LogP contribution in [0.3, 0.4) is 0 Å². The molecule has 0 aliphatic heterocycles. The molecule has 0 bridgehead atoms. The zero-order valence-corrected chi connectivity index (χ0v) is 10.4. The van der Waals surface area contributed by atoms with Gasteiger partial charge in [0.05, 0.1) is 6.61 Å². The van der Waals surface area contributed by atoms with E-state index in [0.29, 0.717) is 12.5 Å². The van der Waals surface area contributed by atoms with Crippen LogP contribution in [0.2, 0.25) is 0 Å². The van der Waals surface area contributed by atoms with Crippen molar-refractivity contribution in [2.45, 2.75) is 52.4 Å². The highest BCUT2D eigenvalue weighted by molar-refractivity contribution is 5.98. The van der Waals surface area contributed by atoms with Gasteiger partial charge >= 0.3 is 0 Å². The Balaban J connectivity index is 3.85. The first-order valence-electron chi connectivity index (χ1n) is 5.19. The molecule has 3 nitrogen and oxygen atoms in total. The minimum absolute atomic E-state index is 0.132. The molecule has 0 saturated carbocycles. The molecule has 0 saturated heterocycles. The molecule has 0 aromatic heterocycles. The highest BCUT2D eigenvalue weighted by Gasteiger charge is 2.25. The Labute approximate surface area is 88.8 Å². The van der Waals surface area contributed by atoms with Gasteiger partial charge in [-0.3, -0.25) is 0 Å². The molecule has 14 heavy (non-hydrogen) atoms. The number of hydrogen-bond donors (Lipinski definition) is 1. The summed E-state index contributed by atoms with van der Waals surface area (Å²) in [5, 5.41) is 0. The van der Waals surface area contributed by atoms with Gasteiger partial charge in [0.25, 0.3) is 8.05 Å². The van der Waals surface area contributed by atoms with E-state index in [1.165, 1.54) is 0 Å². The van der Waals surface area contributed by atoms with Crippen molar-refractivity contribution in [1.82, 2.24) is 0 Å². The Morgan fingerprint density at radius 2 is 1.79 bits per heavy atom. The predicted octanol–water partition coefficient (Wildman–Crippen LogP) is 1.07. The van der Waals surface area contributed by atoms with Gasteiger partial charge in [0, 0.05) is 5.60 Å². The average molecular weight is 201 g/mol. The molecule has 84 valence electrons. The molecule has 0 aromatic carbocycles. The van der Waals surface area contributed by atoms with Gasteiger partial charge in [-0.1, -0.05) is 13.8 Å². The summed E-state index contributed by atoms with van der Waals surface area (Å²) < 4.78 is 10.9. The topological polar surface area (TPSA) is 44.5 Å². The summed E-state index contributed by atoms with van der Waals surface area (Å²) in [4.78, 5) is 0. The number of rotatable bonds is 6. The van der Waals surface area contributed by atoms with Crippen LogP contribution in [-0.2, 0) is 9.39 Å². The zero-order chi connectivity index (χ0) is 11.4. The summed E-state index contributed by atoms with van der Waals surface area (Å²) in [5.74, 6) is 0.313. The zero-order valence-electron chi connectivity index (χ0n) is 10.4. The van der Waals surface area contributed by atoms with Crippen LogP contribution >= 0.6 is 0 Å². The van der Waals surface area contributed by atoms with Crippen molar-refractivity contribution >= 4 is 8.05 Å². The second-order valence-electron chi connectivity index (χ2n) is 4.90. The molecule has 2 N–H and O–H groups in total. The van der Waals surface area contributed by atoms with Crippen molar-refractivity contribution < 1.29 is 9.39 Å². The third kappa shape index (κ3) is 4.98. The first-order chi connectivity index (χ1) is 6.21. The van der Waals surface area contributed by atoms with Crippen molar-refractivity contribution in [3.8, 4) is 0 Å². The lowest BCUT2D eigenvalue weighted by atomic mass is 10.0. The fourth-order valence-corrected chi connectivity index (χ4v) is 0.785. The Hall–Kier alpha value is -0.0551. The van der Waals surface area contributed by atoms with E-state index >= 15 is 0 Å². The summed E-state index contributed by atoms with van der Waals surface area (Å²) in [6.45, 7) is 10.7. The second-order valence-corrected chi connectivity index (χ2v) is 4.90. The maximum Gasteiger partial charge on any atom is 0.258 e. The Morgan fingerprint density at radius 3 is 2.14 bits per heavy atom. The van der Waals surface area contributed by atoms with Crippen LogP contribution in [0.4, 0.5) is 0 Å². The second kappa shape index (κ2) is 5.15. The lowest BCUT2D eigenvalue weighted by Gasteiger charge is -2.31. The van der Waals surface area contributed by atoms with Crippen molar-refractivity contribution in [3.63, 3.8) is 0 Å². The third-order valence-corrected chi connectivity index (χ3v) is 2.82. The molecular formula is C10H24BNO2. The van der Waals surface area contributed by atoms with Gasteiger partial charge in [0.15, 0.2) is 0 Å². The maximum atomic E-state index is 5.97. The van der Waals surface area contributed by atoms with E-state index in [0.717, 1.165) is 6.42 Å². The van der Waals surface area contributed by atoms with Crippen LogP contribution in [0, 0.1) is 5.92 Å². The molecule has 0 radical (unpaired) electrons. The van der Waals surface area contributed by atoms with Crippen molar-refractivity contribution in [2.75, 3.05) is 6.61 Å². The van der Waals surface area contributed by atoms with E-state index in [9.17, 15) is 0 Å². The van der Waals surface area contributed by atoms with Gasteiger partial charge in [-0.15, -0.1) is 0 Å². The molecule has 1 unspecified atom stereocenters. The minimum Gasteiger partial charge on any atom is -0.439 e. The third-order valence-electron chi connectivity index (χ3n) is 2.82. The maximum absolute atomic E-state index is 5.97. The molecular weight excluding hydrogens is 177 g/mol. The van der Waals surface area contributed by atoms with Crippen LogP contribution in [0.5, 0.6) is 0 Å². The standard InChI is InChI=1S/C10H24BNO2/c1-8(2)10(5,12)13-7-6-9(3,4)14-11/h8H,6-7,11-12H2,1-5H3. The lowest BCUT2D eigenvalue weighted by Crippen LogP contribution is -2.45. The van der Waals surface area contributed by atoms with Gasteiger partial charge in [0.2, 0.25) is 0 Å². The first-order valence-corrected chi connectivity index (χ1v) is 5.19. The van der Waals surface area contributed by atoms with Gasteiger partial charge in [-0.05, 0) is 33.1 Å². The molecule has 0 aliphatic carbocycles. The van der Waals surface area contributed by atoms with Crippen molar-refractivity contribution in [1.29, 1.82) is 0 Å². The summed E-state index contributed by atoms with van der Waals surface area (Å²) in [6.07, 6.45) is 0.850. The lowest BCUT2D eigenvalue weighted by molar-refractivity contribution is -0.0745. The number of nitrogens with two attached hydrogens (primary N) is 1. The van der Waals surface area contributed by atoms with E-state index < -0.39 is 5.72 Å². The van der Waals surface area contributed by atoms with Crippen LogP contribution in [0.25, 0.3) is 0 Å². The van der Waals surface area contributed by atoms with Crippen LogP contribution in [0.1, 0.15) is 41.0 Å². The van der Waals surface area contributed by atoms with Gasteiger partial charge in [-0.2, -0.15) is 0 Å². The van der Waals surface area contributed by atoms with E-state index in [4.69, 9.17) is 15.1 Å². The van der Waals surface area contributed by atoms with E-state index in [2.05, 4.69) is 13.8 Å². The van der Waals surface area contributed by atoms with Crippen molar-refractivity contribution in [2.24, 2.45) is 11.7 Å². The van der Waals surface area contributed by atoms with Gasteiger partial charge < -0.3 is 15.1 Å². The Kier molecular flexibility index (Phi) is 5.13. The summed E-state index contributed by atoms with van der Waals surface area (Å²) in [6, 6.07) is 0. The number of hydrogen-bond acceptors (Lipinski definition) is 3. The fourth-order valence-electron chi connectivity index (χ4n) is 0.785. The molecule has 0 amide bonds. The molecule has 0 rings (SSSR count). The largest absolute Gasteiger partial charge is 0.439 e. The van der Waals surface area contributed by atoms with Gasteiger partial charge in [0.1, 0.15) is 5.72 Å². The van der Waals surface area contributed by atoms with Crippen molar-refractivity contribution in [3.05, 3.63) is 0 Å². The highest BCUT2D eigenvalue weighted by atomic mass is 16.5. The minimum atomic E-state index is -0.538. The molecule has 0 aromatic rings. The molecule has 0 aliphatic rings. The van der Waals surface area contributed by atoms with Crippen LogP contribution < -0.4 is 5.73 Å². The molecule has 1 atom stereocenters. The van der Waals surface area contributed by atoms with E-state index in [-0.39, 0.29) is 5.60 Å². The van der Waals surface area contributed by atoms with Gasteiger partial charge in [-0.25, -0.2) is 0 Å². The van der Waals surface area contributed by atoms with E-state index in [1.807, 2.05) is 20.8 Å². The quantitative estimate of drug-likeness (QED) is 0.516. The molecule has 0 fully saturated rings. The smallest absolute Gasteiger partial charge is 0.258 e. The first kappa shape index (κ1) is 13.9. The van der Waals surface area contributed by atoms with E-state index in [1.54, 1.807) is 8.05 Å². The summed E-state index contributed by atoms with van der Waals surface area (Å²) >= 11 is 0. The SMILES string of the molecule is BOC(C)(C)CCOC(C)(N)C(C)C. The van der Waals surface area contributed by atoms with Crippen LogP contribution in [0.15, 0.2) is 0 Å². The highest BCUT2D eigenvalue weighted by Crippen LogP contribution is 2.18. The Morgan fingerprint density at radius 1 is 1.29 bits per heavy atom.